The lowest BCUT2D eigenvalue weighted by Gasteiger charge is -2.29. The zero-order valence-electron chi connectivity index (χ0n) is 14.0. The summed E-state index contributed by atoms with van der Waals surface area (Å²) in [5.74, 6) is -3.17. The van der Waals surface area contributed by atoms with E-state index in [0.29, 0.717) is 12.8 Å². The van der Waals surface area contributed by atoms with E-state index in [9.17, 15) is 24.3 Å². The molecule has 1 saturated heterocycles. The molecule has 0 radical (unpaired) electrons. The molecule has 26 heavy (non-hydrogen) atoms. The Morgan fingerprint density at radius 2 is 1.81 bits per heavy atom. The van der Waals surface area contributed by atoms with Crippen molar-refractivity contribution in [3.63, 3.8) is 0 Å². The molecule has 0 saturated carbocycles. The van der Waals surface area contributed by atoms with Crippen molar-refractivity contribution >= 4 is 48.9 Å². The third-order valence-electron chi connectivity index (χ3n) is 3.97. The molecule has 0 aromatic rings. The van der Waals surface area contributed by atoms with Crippen LogP contribution < -0.4 is 16.4 Å². The number of carboxylic acid groups (broad SMARTS) is 1. The van der Waals surface area contributed by atoms with Crippen molar-refractivity contribution in [2.24, 2.45) is 5.73 Å². The van der Waals surface area contributed by atoms with Crippen LogP contribution in [-0.4, -0.2) is 87.6 Å². The number of aliphatic hydroxyl groups is 1. The van der Waals surface area contributed by atoms with Gasteiger partial charge in [-0.1, -0.05) is 0 Å². The Labute approximate surface area is 161 Å². The first-order valence-electron chi connectivity index (χ1n) is 7.99. The number of nitrogens with two attached hydrogens (primary N) is 1. The molecular weight excluding hydrogens is 384 g/mol. The fourth-order valence-electron chi connectivity index (χ4n) is 2.50. The summed E-state index contributed by atoms with van der Waals surface area (Å²) in [6.45, 7) is -0.413. The van der Waals surface area contributed by atoms with Crippen LogP contribution in [0.1, 0.15) is 12.8 Å². The van der Waals surface area contributed by atoms with E-state index in [0.717, 1.165) is 0 Å². The summed E-state index contributed by atoms with van der Waals surface area (Å²) in [4.78, 5) is 49.0. The van der Waals surface area contributed by atoms with E-state index in [4.69, 9.17) is 10.8 Å². The predicted molar refractivity (Wildman–Crippen MR) is 99.0 cm³/mol. The van der Waals surface area contributed by atoms with Crippen molar-refractivity contribution < 1.29 is 29.4 Å². The van der Waals surface area contributed by atoms with E-state index in [1.54, 1.807) is 0 Å². The predicted octanol–water partition coefficient (Wildman–Crippen LogP) is -2.79. The van der Waals surface area contributed by atoms with Crippen molar-refractivity contribution in [1.82, 2.24) is 15.5 Å². The maximum atomic E-state index is 12.6. The lowest BCUT2D eigenvalue weighted by atomic mass is 10.1. The zero-order valence-corrected chi connectivity index (χ0v) is 15.8. The van der Waals surface area contributed by atoms with Crippen molar-refractivity contribution in [3.05, 3.63) is 0 Å². The topological polar surface area (TPSA) is 162 Å². The van der Waals surface area contributed by atoms with Gasteiger partial charge < -0.3 is 31.5 Å². The van der Waals surface area contributed by atoms with Crippen LogP contribution in [0.3, 0.4) is 0 Å². The highest BCUT2D eigenvalue weighted by atomic mass is 32.1. The van der Waals surface area contributed by atoms with Gasteiger partial charge in [0, 0.05) is 18.1 Å². The van der Waals surface area contributed by atoms with Crippen molar-refractivity contribution in [2.45, 2.75) is 37.0 Å². The second-order valence-electron chi connectivity index (χ2n) is 5.80. The Hall–Kier alpha value is -1.50. The number of rotatable bonds is 9. The molecular formula is C14H24N4O6S2. The Kier molecular flexibility index (Phi) is 9.19. The largest absolute Gasteiger partial charge is 0.480 e. The molecule has 0 aromatic heterocycles. The summed E-state index contributed by atoms with van der Waals surface area (Å²) >= 11 is 7.77. The molecule has 3 amide bonds. The minimum atomic E-state index is -1.25. The summed E-state index contributed by atoms with van der Waals surface area (Å²) < 4.78 is 0. The smallest absolute Gasteiger partial charge is 0.327 e. The van der Waals surface area contributed by atoms with Crippen LogP contribution in [-0.2, 0) is 19.2 Å². The highest BCUT2D eigenvalue weighted by molar-refractivity contribution is 7.80. The fourth-order valence-corrected chi connectivity index (χ4v) is 2.92. The van der Waals surface area contributed by atoms with Crippen molar-refractivity contribution in [2.75, 3.05) is 24.7 Å². The zero-order chi connectivity index (χ0) is 19.9. The maximum absolute atomic E-state index is 12.6. The van der Waals surface area contributed by atoms with Gasteiger partial charge in [-0.3, -0.25) is 14.4 Å². The number of nitrogens with zero attached hydrogens (tertiary/aromatic N) is 1. The molecule has 6 N–H and O–H groups in total. The number of thiol groups is 2. The average Bonchev–Trinajstić information content (AvgIpc) is 3.11. The fraction of sp³-hybridized carbons (Fsp3) is 0.714. The first-order chi connectivity index (χ1) is 12.3. The lowest BCUT2D eigenvalue weighted by molar-refractivity contribution is -0.144. The van der Waals surface area contributed by atoms with E-state index >= 15 is 0 Å². The van der Waals surface area contributed by atoms with E-state index in [2.05, 4.69) is 35.9 Å². The van der Waals surface area contributed by atoms with Gasteiger partial charge in [0.25, 0.3) is 0 Å². The van der Waals surface area contributed by atoms with Gasteiger partial charge in [0.15, 0.2) is 0 Å². The van der Waals surface area contributed by atoms with Gasteiger partial charge in [-0.25, -0.2) is 4.79 Å². The van der Waals surface area contributed by atoms with Gasteiger partial charge in [-0.15, -0.1) is 0 Å². The minimum absolute atomic E-state index is 0.0627. The normalized spacial score (nSPS) is 20.2. The SMILES string of the molecule is NC(CS)C(=O)NC(CO)C(=O)N1CCCC1C(=O)NC(CS)C(=O)O. The van der Waals surface area contributed by atoms with Gasteiger partial charge >= 0.3 is 5.97 Å². The molecule has 0 bridgehead atoms. The molecule has 1 rings (SSSR count). The Morgan fingerprint density at radius 1 is 1.15 bits per heavy atom. The molecule has 1 fully saturated rings. The minimum Gasteiger partial charge on any atom is -0.480 e. The van der Waals surface area contributed by atoms with Crippen LogP contribution in [0.15, 0.2) is 0 Å². The van der Waals surface area contributed by atoms with Crippen LogP contribution in [0.25, 0.3) is 0 Å². The number of carboxylic acids is 1. The summed E-state index contributed by atoms with van der Waals surface area (Å²) in [5, 5.41) is 23.1. The molecule has 4 unspecified atom stereocenters. The number of aliphatic hydroxyl groups excluding tert-OH is 1. The number of aliphatic carboxylic acids is 1. The first-order valence-corrected chi connectivity index (χ1v) is 9.25. The van der Waals surface area contributed by atoms with Crippen LogP contribution in [0.5, 0.6) is 0 Å². The van der Waals surface area contributed by atoms with E-state index < -0.39 is 54.5 Å². The number of carbonyl (C=O) groups is 4. The number of hydrogen-bond donors (Lipinski definition) is 7. The van der Waals surface area contributed by atoms with Crippen LogP contribution in [0, 0.1) is 0 Å². The van der Waals surface area contributed by atoms with Crippen LogP contribution >= 0.6 is 25.3 Å². The third-order valence-corrected chi connectivity index (χ3v) is 4.72. The van der Waals surface area contributed by atoms with Crippen LogP contribution in [0.2, 0.25) is 0 Å². The van der Waals surface area contributed by atoms with Gasteiger partial charge in [0.2, 0.25) is 17.7 Å². The van der Waals surface area contributed by atoms with Gasteiger partial charge in [-0.2, -0.15) is 25.3 Å². The highest BCUT2D eigenvalue weighted by Gasteiger charge is 2.38. The second kappa shape index (κ2) is 10.6. The molecule has 148 valence electrons. The Balaban J connectivity index is 2.80. The van der Waals surface area contributed by atoms with Gasteiger partial charge in [0.05, 0.1) is 12.6 Å². The van der Waals surface area contributed by atoms with Crippen molar-refractivity contribution in [3.8, 4) is 0 Å². The molecule has 1 aliphatic heterocycles. The molecule has 0 aliphatic carbocycles. The number of hydrogen-bond acceptors (Lipinski definition) is 8. The maximum Gasteiger partial charge on any atom is 0.327 e. The molecule has 10 nitrogen and oxygen atoms in total. The number of nitrogens with one attached hydrogen (secondary N) is 2. The summed E-state index contributed by atoms with van der Waals surface area (Å²) in [6.07, 6.45) is 0.878. The molecule has 0 spiro atoms. The monoisotopic (exact) mass is 408 g/mol. The Morgan fingerprint density at radius 3 is 2.31 bits per heavy atom. The lowest BCUT2D eigenvalue weighted by Crippen LogP contribution is -2.58. The summed E-state index contributed by atoms with van der Waals surface area (Å²) in [5.41, 5.74) is 5.53. The highest BCUT2D eigenvalue weighted by Crippen LogP contribution is 2.19. The summed E-state index contributed by atoms with van der Waals surface area (Å²) in [7, 11) is 0. The number of amides is 3. The number of likely N-dealkylation sites (tertiary alicyclic amines) is 1. The van der Waals surface area contributed by atoms with E-state index in [-0.39, 0.29) is 18.1 Å². The molecule has 1 heterocycles. The van der Waals surface area contributed by atoms with Gasteiger partial charge in [0.1, 0.15) is 18.1 Å². The molecule has 4 atom stereocenters. The average molecular weight is 409 g/mol. The molecule has 1 aliphatic rings. The quantitative estimate of drug-likeness (QED) is 0.203. The standard InChI is InChI=1S/C14H24N4O6S2/c15-7(5-25)11(20)16-8(4-19)13(22)18-3-1-2-10(18)12(21)17-9(6-26)14(23)24/h7-10,19,25-26H,1-6,15H2,(H,16,20)(H,17,21)(H,23,24). The first kappa shape index (κ1) is 22.5. The molecule has 0 aromatic carbocycles. The van der Waals surface area contributed by atoms with Gasteiger partial charge in [-0.05, 0) is 12.8 Å². The van der Waals surface area contributed by atoms with Crippen molar-refractivity contribution in [1.29, 1.82) is 0 Å². The van der Waals surface area contributed by atoms with E-state index in [1.165, 1.54) is 4.90 Å². The van der Waals surface area contributed by atoms with E-state index in [1.807, 2.05) is 0 Å². The summed E-state index contributed by atoms with van der Waals surface area (Å²) in [6, 6.07) is -4.24. The number of carbonyl (C=O) groups excluding carboxylic acids is 3. The molecule has 12 heteroatoms. The third kappa shape index (κ3) is 5.76. The Bertz CT molecular complexity index is 550. The second-order valence-corrected chi connectivity index (χ2v) is 6.53. The van der Waals surface area contributed by atoms with Crippen LogP contribution in [0.4, 0.5) is 0 Å².